The molecule has 0 aliphatic carbocycles. The molecular weight excluding hydrogens is 418 g/mol. The number of aromatic amines is 1. The summed E-state index contributed by atoms with van der Waals surface area (Å²) in [6.07, 6.45) is 2.78. The smallest absolute Gasteiger partial charge is 0.233 e. The van der Waals surface area contributed by atoms with Crippen LogP contribution in [0.2, 0.25) is 0 Å². The van der Waals surface area contributed by atoms with Crippen molar-refractivity contribution in [1.29, 1.82) is 0 Å². The fourth-order valence-electron chi connectivity index (χ4n) is 2.84. The maximum absolute atomic E-state index is 12.5. The molecule has 4 rings (SSSR count). The van der Waals surface area contributed by atoms with Crippen molar-refractivity contribution >= 4 is 44.9 Å². The van der Waals surface area contributed by atoms with Crippen LogP contribution in [0.4, 0.5) is 0 Å². The molecule has 7 heteroatoms. The third-order valence-corrected chi connectivity index (χ3v) is 6.62. The molecule has 0 saturated carbocycles. The number of nitrogens with zero attached hydrogens (tertiary/aromatic N) is 2. The van der Waals surface area contributed by atoms with Crippen LogP contribution in [0.3, 0.4) is 0 Å². The Hall–Kier alpha value is -1.57. The first-order chi connectivity index (χ1) is 12.2. The fourth-order valence-corrected chi connectivity index (χ4v) is 4.74. The average Bonchev–Trinajstić information content (AvgIpc) is 3.29. The number of thioether (sulfide) groups is 1. The summed E-state index contributed by atoms with van der Waals surface area (Å²) in [6.45, 7) is 1.55. The molecule has 0 saturated heterocycles. The number of benzene rings is 1. The second-order valence-electron chi connectivity index (χ2n) is 5.83. The van der Waals surface area contributed by atoms with E-state index in [-0.39, 0.29) is 5.91 Å². The molecule has 1 amide bonds. The lowest BCUT2D eigenvalue weighted by molar-refractivity contribution is -0.129. The van der Waals surface area contributed by atoms with Gasteiger partial charge in [0.1, 0.15) is 0 Å². The minimum absolute atomic E-state index is 0.170. The zero-order valence-corrected chi connectivity index (χ0v) is 16.6. The second kappa shape index (κ2) is 7.35. The minimum Gasteiger partial charge on any atom is -0.337 e. The highest BCUT2D eigenvalue weighted by atomic mass is 79.9. The molecule has 3 aromatic rings. The van der Waals surface area contributed by atoms with Gasteiger partial charge in [-0.1, -0.05) is 39.8 Å². The zero-order chi connectivity index (χ0) is 17.2. The Morgan fingerprint density at radius 1 is 1.32 bits per heavy atom. The number of rotatable bonds is 4. The van der Waals surface area contributed by atoms with Gasteiger partial charge in [-0.2, -0.15) is 0 Å². The number of carbonyl (C=O) groups is 1. The zero-order valence-electron chi connectivity index (χ0n) is 13.4. The van der Waals surface area contributed by atoms with Crippen molar-refractivity contribution in [3.63, 3.8) is 0 Å². The molecule has 1 aliphatic heterocycles. The van der Waals surface area contributed by atoms with Gasteiger partial charge in [0, 0.05) is 22.4 Å². The van der Waals surface area contributed by atoms with Crippen molar-refractivity contribution in [2.24, 2.45) is 0 Å². The van der Waals surface area contributed by atoms with Crippen molar-refractivity contribution in [3.05, 3.63) is 56.8 Å². The topological polar surface area (TPSA) is 49.0 Å². The van der Waals surface area contributed by atoms with Crippen LogP contribution in [0.1, 0.15) is 10.4 Å². The average molecular weight is 434 g/mol. The Morgan fingerprint density at radius 2 is 2.16 bits per heavy atom. The molecule has 128 valence electrons. The summed E-state index contributed by atoms with van der Waals surface area (Å²) in [5.74, 6) is 0.579. The molecule has 1 N–H and O–H groups in total. The van der Waals surface area contributed by atoms with Gasteiger partial charge in [-0.3, -0.25) is 4.79 Å². The summed E-state index contributed by atoms with van der Waals surface area (Å²) in [6, 6.07) is 10.2. The summed E-state index contributed by atoms with van der Waals surface area (Å²) in [5.41, 5.74) is 3.34. The van der Waals surface area contributed by atoms with Crippen LogP contribution in [-0.2, 0) is 17.8 Å². The van der Waals surface area contributed by atoms with Gasteiger partial charge in [0.05, 0.1) is 17.6 Å². The highest BCUT2D eigenvalue weighted by Crippen LogP contribution is 2.26. The SMILES string of the molecule is O=C(CSc1ncc(-c2ccc(Br)cc2)[nH]1)N1CCc2sccc2C1. The third kappa shape index (κ3) is 3.83. The summed E-state index contributed by atoms with van der Waals surface area (Å²) in [4.78, 5) is 23.5. The first kappa shape index (κ1) is 16.9. The molecule has 2 aromatic heterocycles. The molecule has 0 spiro atoms. The standard InChI is InChI=1S/C18H16BrN3OS2/c19-14-3-1-12(2-4-14)15-9-20-18(21-15)25-11-17(23)22-7-5-16-13(10-22)6-8-24-16/h1-4,6,8-9H,5,7,10-11H2,(H,20,21). The van der Waals surface area contributed by atoms with Gasteiger partial charge in [0.2, 0.25) is 5.91 Å². The number of nitrogens with one attached hydrogen (secondary N) is 1. The number of thiophene rings is 1. The first-order valence-electron chi connectivity index (χ1n) is 7.96. The molecule has 1 aliphatic rings. The van der Waals surface area contributed by atoms with Crippen molar-refractivity contribution in [2.45, 2.75) is 18.1 Å². The Balaban J connectivity index is 1.36. The highest BCUT2D eigenvalue weighted by Gasteiger charge is 2.21. The van der Waals surface area contributed by atoms with Gasteiger partial charge in [0.15, 0.2) is 5.16 Å². The van der Waals surface area contributed by atoms with E-state index in [0.29, 0.717) is 5.75 Å². The lowest BCUT2D eigenvalue weighted by atomic mass is 10.1. The van der Waals surface area contributed by atoms with E-state index >= 15 is 0 Å². The first-order valence-corrected chi connectivity index (χ1v) is 10.6. The number of amides is 1. The Morgan fingerprint density at radius 3 is 3.00 bits per heavy atom. The number of fused-ring (bicyclic) bond motifs is 1. The Labute approximate surface area is 162 Å². The number of halogens is 1. The summed E-state index contributed by atoms with van der Waals surface area (Å²) >= 11 is 6.69. The van der Waals surface area contributed by atoms with Crippen molar-refractivity contribution in [2.75, 3.05) is 12.3 Å². The number of hydrogen-bond donors (Lipinski definition) is 1. The van der Waals surface area contributed by atoms with Crippen LogP contribution in [0.15, 0.2) is 51.5 Å². The van der Waals surface area contributed by atoms with E-state index < -0.39 is 0 Å². The van der Waals surface area contributed by atoms with Gasteiger partial charge in [-0.15, -0.1) is 11.3 Å². The lowest BCUT2D eigenvalue weighted by Crippen LogP contribution is -2.36. The highest BCUT2D eigenvalue weighted by molar-refractivity contribution is 9.10. The van der Waals surface area contributed by atoms with Gasteiger partial charge >= 0.3 is 0 Å². The van der Waals surface area contributed by atoms with Crippen molar-refractivity contribution < 1.29 is 4.79 Å². The summed E-state index contributed by atoms with van der Waals surface area (Å²) < 4.78 is 1.05. The largest absolute Gasteiger partial charge is 0.337 e. The van der Waals surface area contributed by atoms with E-state index in [9.17, 15) is 4.79 Å². The Bertz CT molecular complexity index is 888. The van der Waals surface area contributed by atoms with Gasteiger partial charge in [-0.05, 0) is 41.1 Å². The molecular formula is C18H16BrN3OS2. The predicted molar refractivity (Wildman–Crippen MR) is 106 cm³/mol. The van der Waals surface area contributed by atoms with Crippen molar-refractivity contribution in [3.8, 4) is 11.3 Å². The number of H-pyrrole nitrogens is 1. The summed E-state index contributed by atoms with van der Waals surface area (Å²) in [7, 11) is 0. The van der Waals surface area contributed by atoms with E-state index in [1.807, 2.05) is 35.4 Å². The minimum atomic E-state index is 0.170. The van der Waals surface area contributed by atoms with E-state index in [4.69, 9.17) is 0 Å². The monoisotopic (exact) mass is 433 g/mol. The third-order valence-electron chi connectivity index (χ3n) is 4.20. The van der Waals surface area contributed by atoms with E-state index in [0.717, 1.165) is 40.4 Å². The molecule has 0 bridgehead atoms. The maximum Gasteiger partial charge on any atom is 0.233 e. The molecule has 25 heavy (non-hydrogen) atoms. The van der Waals surface area contributed by atoms with E-state index in [2.05, 4.69) is 37.3 Å². The van der Waals surface area contributed by atoms with E-state index in [1.54, 1.807) is 11.3 Å². The normalized spacial score (nSPS) is 13.7. The summed E-state index contributed by atoms with van der Waals surface area (Å²) in [5, 5.41) is 2.89. The lowest BCUT2D eigenvalue weighted by Gasteiger charge is -2.26. The van der Waals surface area contributed by atoms with Crippen LogP contribution < -0.4 is 0 Å². The van der Waals surface area contributed by atoms with Gasteiger partial charge in [0.25, 0.3) is 0 Å². The number of hydrogen-bond acceptors (Lipinski definition) is 4. The number of imidazole rings is 1. The molecule has 0 atom stereocenters. The van der Waals surface area contributed by atoms with Gasteiger partial charge in [-0.25, -0.2) is 4.98 Å². The van der Waals surface area contributed by atoms with Crippen LogP contribution in [0.25, 0.3) is 11.3 Å². The van der Waals surface area contributed by atoms with Crippen molar-refractivity contribution in [1.82, 2.24) is 14.9 Å². The van der Waals surface area contributed by atoms with Crippen LogP contribution in [0.5, 0.6) is 0 Å². The second-order valence-corrected chi connectivity index (χ2v) is 8.71. The van der Waals surface area contributed by atoms with Crippen LogP contribution in [0, 0.1) is 0 Å². The molecule has 4 nitrogen and oxygen atoms in total. The van der Waals surface area contributed by atoms with Crippen LogP contribution >= 0.6 is 39.0 Å². The maximum atomic E-state index is 12.5. The number of aromatic nitrogens is 2. The molecule has 0 fully saturated rings. The molecule has 0 unspecified atom stereocenters. The molecule has 0 radical (unpaired) electrons. The van der Waals surface area contributed by atoms with E-state index in [1.165, 1.54) is 22.2 Å². The van der Waals surface area contributed by atoms with Crippen LogP contribution in [-0.4, -0.2) is 33.1 Å². The quantitative estimate of drug-likeness (QED) is 0.612. The predicted octanol–water partition coefficient (Wildman–Crippen LogP) is 4.58. The number of carbonyl (C=O) groups excluding carboxylic acids is 1. The fraction of sp³-hybridized carbons (Fsp3) is 0.222. The Kier molecular flexibility index (Phi) is 4.96. The molecule has 1 aromatic carbocycles. The van der Waals surface area contributed by atoms with Gasteiger partial charge < -0.3 is 9.88 Å². The molecule has 3 heterocycles.